The van der Waals surface area contributed by atoms with Gasteiger partial charge >= 0.3 is 0 Å². The van der Waals surface area contributed by atoms with E-state index in [0.29, 0.717) is 0 Å². The molecule has 19 heavy (non-hydrogen) atoms. The van der Waals surface area contributed by atoms with Gasteiger partial charge < -0.3 is 10.1 Å². The second-order valence-corrected chi connectivity index (χ2v) is 5.34. The van der Waals surface area contributed by atoms with Gasteiger partial charge in [0.25, 0.3) is 0 Å². The molecule has 0 radical (unpaired) electrons. The summed E-state index contributed by atoms with van der Waals surface area (Å²) in [5, 5.41) is 3.40. The molecule has 0 bridgehead atoms. The first-order chi connectivity index (χ1) is 9.29. The Labute approximate surface area is 116 Å². The van der Waals surface area contributed by atoms with Crippen LogP contribution in [0.15, 0.2) is 36.9 Å². The predicted octanol–water partition coefficient (Wildman–Crippen LogP) is 3.72. The van der Waals surface area contributed by atoms with Gasteiger partial charge in [0.05, 0.1) is 0 Å². The zero-order valence-electron chi connectivity index (χ0n) is 12.0. The maximum absolute atomic E-state index is 6.38. The lowest BCUT2D eigenvalue weighted by Gasteiger charge is -2.42. The summed E-state index contributed by atoms with van der Waals surface area (Å²) in [6, 6.07) is 8.34. The third-order valence-corrected chi connectivity index (χ3v) is 3.94. The summed E-state index contributed by atoms with van der Waals surface area (Å²) in [5.41, 5.74) is 1.31. The molecule has 2 heteroatoms. The number of allylic oxidation sites excluding steroid dienone is 1. The molecular weight excluding hydrogens is 234 g/mol. The molecule has 1 saturated carbocycles. The Bertz CT molecular complexity index is 409. The maximum Gasteiger partial charge on any atom is 0.123 e. The fraction of sp³-hybridized carbons (Fsp3) is 0.529. The van der Waals surface area contributed by atoms with E-state index in [4.69, 9.17) is 4.74 Å². The zero-order valence-corrected chi connectivity index (χ0v) is 12.0. The molecule has 1 aromatic rings. The lowest BCUT2D eigenvalue weighted by Crippen LogP contribution is -2.45. The van der Waals surface area contributed by atoms with E-state index in [2.05, 4.69) is 43.1 Å². The molecule has 1 N–H and O–H groups in total. The Kier molecular flexibility index (Phi) is 5.03. The van der Waals surface area contributed by atoms with Crippen LogP contribution in [0, 0.1) is 0 Å². The van der Waals surface area contributed by atoms with Crippen LogP contribution in [0.25, 0.3) is 0 Å². The molecule has 1 aliphatic rings. The van der Waals surface area contributed by atoms with E-state index in [1.807, 2.05) is 6.08 Å². The van der Waals surface area contributed by atoms with Crippen molar-refractivity contribution in [3.05, 3.63) is 42.5 Å². The summed E-state index contributed by atoms with van der Waals surface area (Å²) in [5.74, 6) is 1.04. The van der Waals surface area contributed by atoms with Crippen LogP contribution in [-0.4, -0.2) is 18.7 Å². The van der Waals surface area contributed by atoms with Crippen molar-refractivity contribution in [1.82, 2.24) is 5.32 Å². The van der Waals surface area contributed by atoms with Gasteiger partial charge in [-0.2, -0.15) is 0 Å². The molecule has 2 rings (SSSR count). The first-order valence-electron chi connectivity index (χ1n) is 7.38. The summed E-state index contributed by atoms with van der Waals surface area (Å²) in [4.78, 5) is 0. The Morgan fingerprint density at radius 1 is 1.37 bits per heavy atom. The zero-order chi connectivity index (χ0) is 13.6. The van der Waals surface area contributed by atoms with Gasteiger partial charge in [0.2, 0.25) is 0 Å². The highest BCUT2D eigenvalue weighted by Crippen LogP contribution is 2.40. The highest BCUT2D eigenvalue weighted by molar-refractivity contribution is 5.35. The number of benzene rings is 1. The van der Waals surface area contributed by atoms with Crippen LogP contribution in [0.4, 0.5) is 0 Å². The van der Waals surface area contributed by atoms with E-state index < -0.39 is 0 Å². The summed E-state index contributed by atoms with van der Waals surface area (Å²) >= 11 is 0. The molecule has 0 aromatic heterocycles. The highest BCUT2D eigenvalue weighted by Gasteiger charge is 2.39. The van der Waals surface area contributed by atoms with E-state index in [-0.39, 0.29) is 5.60 Å². The normalized spacial score (nSPS) is 16.7. The third-order valence-electron chi connectivity index (χ3n) is 3.94. The SMILES string of the molecule is C=CCc1ccccc1OC1(CCNCC)CCC1. The van der Waals surface area contributed by atoms with Gasteiger partial charge in [-0.1, -0.05) is 31.2 Å². The molecule has 104 valence electrons. The van der Waals surface area contributed by atoms with E-state index in [1.54, 1.807) is 0 Å². The van der Waals surface area contributed by atoms with Crippen molar-refractivity contribution >= 4 is 0 Å². The number of hydrogen-bond acceptors (Lipinski definition) is 2. The summed E-state index contributed by atoms with van der Waals surface area (Å²) in [6.45, 7) is 8.04. The van der Waals surface area contributed by atoms with Gasteiger partial charge in [0.15, 0.2) is 0 Å². The number of rotatable bonds is 8. The molecule has 1 fully saturated rings. The van der Waals surface area contributed by atoms with Gasteiger partial charge in [0, 0.05) is 0 Å². The number of nitrogens with one attached hydrogen (secondary N) is 1. The van der Waals surface area contributed by atoms with Crippen molar-refractivity contribution in [2.75, 3.05) is 13.1 Å². The molecule has 1 aliphatic carbocycles. The second-order valence-electron chi connectivity index (χ2n) is 5.34. The maximum atomic E-state index is 6.38. The van der Waals surface area contributed by atoms with Crippen LogP contribution >= 0.6 is 0 Å². The quantitative estimate of drug-likeness (QED) is 0.567. The Hall–Kier alpha value is -1.28. The number of para-hydroxylation sites is 1. The van der Waals surface area contributed by atoms with Crippen molar-refractivity contribution in [3.8, 4) is 5.75 Å². The van der Waals surface area contributed by atoms with Gasteiger partial charge in [-0.3, -0.25) is 0 Å². The minimum absolute atomic E-state index is 0.0689. The van der Waals surface area contributed by atoms with Gasteiger partial charge in [-0.25, -0.2) is 0 Å². The third kappa shape index (κ3) is 3.60. The molecule has 0 spiro atoms. The molecule has 1 aromatic carbocycles. The van der Waals surface area contributed by atoms with Crippen LogP contribution in [0.1, 0.15) is 38.2 Å². The van der Waals surface area contributed by atoms with Crippen LogP contribution in [-0.2, 0) is 6.42 Å². The van der Waals surface area contributed by atoms with Crippen molar-refractivity contribution in [2.24, 2.45) is 0 Å². The van der Waals surface area contributed by atoms with Crippen molar-refractivity contribution < 1.29 is 4.74 Å². The number of hydrogen-bond donors (Lipinski definition) is 1. The van der Waals surface area contributed by atoms with Crippen LogP contribution < -0.4 is 10.1 Å². The molecule has 0 atom stereocenters. The van der Waals surface area contributed by atoms with Crippen molar-refractivity contribution in [1.29, 1.82) is 0 Å². The van der Waals surface area contributed by atoms with E-state index in [0.717, 1.165) is 31.7 Å². The van der Waals surface area contributed by atoms with Crippen LogP contribution in [0.3, 0.4) is 0 Å². The fourth-order valence-corrected chi connectivity index (χ4v) is 2.63. The molecule has 0 heterocycles. The minimum Gasteiger partial charge on any atom is -0.487 e. The second kappa shape index (κ2) is 6.76. The molecular formula is C17H25NO. The molecule has 2 nitrogen and oxygen atoms in total. The van der Waals surface area contributed by atoms with Gasteiger partial charge in [-0.15, -0.1) is 6.58 Å². The summed E-state index contributed by atoms with van der Waals surface area (Å²) in [6.07, 6.45) is 7.56. The Morgan fingerprint density at radius 2 is 2.16 bits per heavy atom. The fourth-order valence-electron chi connectivity index (χ4n) is 2.63. The largest absolute Gasteiger partial charge is 0.487 e. The smallest absolute Gasteiger partial charge is 0.123 e. The predicted molar refractivity (Wildman–Crippen MR) is 80.7 cm³/mol. The Balaban J connectivity index is 2.03. The van der Waals surface area contributed by atoms with Gasteiger partial charge in [-0.05, 0) is 56.8 Å². The van der Waals surface area contributed by atoms with Gasteiger partial charge in [0.1, 0.15) is 11.4 Å². The van der Waals surface area contributed by atoms with Crippen LogP contribution in [0.5, 0.6) is 5.75 Å². The first-order valence-corrected chi connectivity index (χ1v) is 7.38. The lowest BCUT2D eigenvalue weighted by atomic mass is 9.77. The average molecular weight is 259 g/mol. The number of ether oxygens (including phenoxy) is 1. The average Bonchev–Trinajstić information content (AvgIpc) is 2.38. The molecule has 0 unspecified atom stereocenters. The molecule has 0 saturated heterocycles. The topological polar surface area (TPSA) is 21.3 Å². The first kappa shape index (κ1) is 14.1. The summed E-state index contributed by atoms with van der Waals surface area (Å²) < 4.78 is 6.38. The molecule has 0 aliphatic heterocycles. The summed E-state index contributed by atoms with van der Waals surface area (Å²) in [7, 11) is 0. The monoisotopic (exact) mass is 259 g/mol. The van der Waals surface area contributed by atoms with Crippen molar-refractivity contribution in [3.63, 3.8) is 0 Å². The minimum atomic E-state index is 0.0689. The van der Waals surface area contributed by atoms with Crippen LogP contribution in [0.2, 0.25) is 0 Å². The lowest BCUT2D eigenvalue weighted by molar-refractivity contribution is -0.0147. The standard InChI is InChI=1S/C17H25NO/c1-3-8-15-9-5-6-10-16(15)19-17(11-7-12-17)13-14-18-4-2/h3,5-6,9-10,18H,1,4,7-8,11-14H2,2H3. The van der Waals surface area contributed by atoms with E-state index >= 15 is 0 Å². The van der Waals surface area contributed by atoms with E-state index in [9.17, 15) is 0 Å². The van der Waals surface area contributed by atoms with Crippen molar-refractivity contribution in [2.45, 2.75) is 44.6 Å². The Morgan fingerprint density at radius 3 is 2.79 bits per heavy atom. The van der Waals surface area contributed by atoms with E-state index in [1.165, 1.54) is 24.8 Å². The highest BCUT2D eigenvalue weighted by atomic mass is 16.5. The molecule has 0 amide bonds.